The smallest absolute Gasteiger partial charge is 0.250 e. The highest BCUT2D eigenvalue weighted by Gasteiger charge is 2.21. The van der Waals surface area contributed by atoms with Gasteiger partial charge in [0, 0.05) is 25.5 Å². The van der Waals surface area contributed by atoms with Crippen LogP contribution in [0.3, 0.4) is 0 Å². The maximum absolute atomic E-state index is 11.9. The SMILES string of the molecule is Cc1cccn2cc(CNC(=O)C3CNCCO3)nc12. The monoisotopic (exact) mass is 274 g/mol. The first-order chi connectivity index (χ1) is 9.74. The molecule has 0 aromatic carbocycles. The molecule has 0 bridgehead atoms. The van der Waals surface area contributed by atoms with Gasteiger partial charge in [-0.25, -0.2) is 4.98 Å². The van der Waals surface area contributed by atoms with E-state index in [0.29, 0.717) is 19.7 Å². The third-order valence-electron chi connectivity index (χ3n) is 3.39. The van der Waals surface area contributed by atoms with Gasteiger partial charge in [-0.05, 0) is 18.6 Å². The lowest BCUT2D eigenvalue weighted by atomic mass is 10.3. The van der Waals surface area contributed by atoms with Crippen molar-refractivity contribution < 1.29 is 9.53 Å². The first-order valence-corrected chi connectivity index (χ1v) is 6.77. The van der Waals surface area contributed by atoms with E-state index in [9.17, 15) is 4.79 Å². The van der Waals surface area contributed by atoms with E-state index < -0.39 is 6.10 Å². The van der Waals surface area contributed by atoms with Crippen LogP contribution in [0.1, 0.15) is 11.3 Å². The molecule has 6 nitrogen and oxygen atoms in total. The minimum absolute atomic E-state index is 0.0917. The minimum Gasteiger partial charge on any atom is -0.366 e. The summed E-state index contributed by atoms with van der Waals surface area (Å²) < 4.78 is 7.37. The molecule has 1 unspecified atom stereocenters. The summed E-state index contributed by atoms with van der Waals surface area (Å²) in [5, 5.41) is 6.01. The molecule has 1 saturated heterocycles. The Bertz CT molecular complexity index is 617. The van der Waals surface area contributed by atoms with Crippen LogP contribution in [0.25, 0.3) is 5.65 Å². The summed E-state index contributed by atoms with van der Waals surface area (Å²) in [5.41, 5.74) is 2.88. The fraction of sp³-hybridized carbons (Fsp3) is 0.429. The molecule has 3 rings (SSSR count). The second kappa shape index (κ2) is 5.60. The number of aromatic nitrogens is 2. The Hall–Kier alpha value is -1.92. The number of amides is 1. The summed E-state index contributed by atoms with van der Waals surface area (Å²) in [6.45, 7) is 4.38. The van der Waals surface area contributed by atoms with Gasteiger partial charge in [0.15, 0.2) is 0 Å². The highest BCUT2D eigenvalue weighted by atomic mass is 16.5. The molecule has 0 aliphatic carbocycles. The Morgan fingerprint density at radius 1 is 1.65 bits per heavy atom. The molecule has 2 N–H and O–H groups in total. The lowest BCUT2D eigenvalue weighted by molar-refractivity contribution is -0.134. The standard InChI is InChI=1S/C14H18N4O2/c1-10-3-2-5-18-9-11(17-13(10)18)7-16-14(19)12-8-15-4-6-20-12/h2-3,5,9,12,15H,4,6-8H2,1H3,(H,16,19). The number of hydrogen-bond donors (Lipinski definition) is 2. The van der Waals surface area contributed by atoms with Crippen molar-refractivity contribution in [3.8, 4) is 0 Å². The Labute approximate surface area is 117 Å². The van der Waals surface area contributed by atoms with Crippen LogP contribution in [0.5, 0.6) is 0 Å². The van der Waals surface area contributed by atoms with Crippen molar-refractivity contribution in [1.29, 1.82) is 0 Å². The van der Waals surface area contributed by atoms with Crippen molar-refractivity contribution in [3.05, 3.63) is 35.8 Å². The predicted octanol–water partition coefficient (Wildman–Crippen LogP) is 0.247. The normalized spacial score (nSPS) is 19.1. The van der Waals surface area contributed by atoms with Crippen molar-refractivity contribution in [1.82, 2.24) is 20.0 Å². The van der Waals surface area contributed by atoms with Crippen LogP contribution < -0.4 is 10.6 Å². The summed E-state index contributed by atoms with van der Waals surface area (Å²) in [7, 11) is 0. The zero-order chi connectivity index (χ0) is 13.9. The van der Waals surface area contributed by atoms with Crippen molar-refractivity contribution >= 4 is 11.6 Å². The van der Waals surface area contributed by atoms with Crippen LogP contribution >= 0.6 is 0 Å². The first-order valence-electron chi connectivity index (χ1n) is 6.77. The molecule has 2 aromatic rings. The van der Waals surface area contributed by atoms with Crippen LogP contribution in [0.15, 0.2) is 24.5 Å². The molecule has 6 heteroatoms. The van der Waals surface area contributed by atoms with Crippen LogP contribution in [0.4, 0.5) is 0 Å². The largest absolute Gasteiger partial charge is 0.366 e. The fourth-order valence-corrected chi connectivity index (χ4v) is 2.31. The van der Waals surface area contributed by atoms with E-state index in [2.05, 4.69) is 15.6 Å². The first kappa shape index (κ1) is 13.1. The Balaban J connectivity index is 1.64. The van der Waals surface area contributed by atoms with Gasteiger partial charge in [0.2, 0.25) is 0 Å². The minimum atomic E-state index is -0.400. The molecule has 3 heterocycles. The Kier molecular flexibility index (Phi) is 3.66. The van der Waals surface area contributed by atoms with Gasteiger partial charge in [-0.3, -0.25) is 4.79 Å². The number of aryl methyl sites for hydroxylation is 1. The van der Waals surface area contributed by atoms with E-state index in [4.69, 9.17) is 4.74 Å². The zero-order valence-electron chi connectivity index (χ0n) is 11.4. The summed E-state index contributed by atoms with van der Waals surface area (Å²) in [6, 6.07) is 4.00. The van der Waals surface area contributed by atoms with Crippen LogP contribution in [-0.4, -0.2) is 41.1 Å². The van der Waals surface area contributed by atoms with Crippen molar-refractivity contribution in [2.75, 3.05) is 19.7 Å². The number of rotatable bonds is 3. The summed E-state index contributed by atoms with van der Waals surface area (Å²) >= 11 is 0. The average molecular weight is 274 g/mol. The van der Waals surface area contributed by atoms with Gasteiger partial charge in [0.1, 0.15) is 11.8 Å². The van der Waals surface area contributed by atoms with Crippen molar-refractivity contribution in [3.63, 3.8) is 0 Å². The van der Waals surface area contributed by atoms with Gasteiger partial charge >= 0.3 is 0 Å². The van der Waals surface area contributed by atoms with Gasteiger partial charge in [-0.2, -0.15) is 0 Å². The zero-order valence-corrected chi connectivity index (χ0v) is 11.4. The maximum atomic E-state index is 11.9. The molecular weight excluding hydrogens is 256 g/mol. The molecular formula is C14H18N4O2. The average Bonchev–Trinajstić information content (AvgIpc) is 2.90. The molecule has 2 aromatic heterocycles. The third kappa shape index (κ3) is 2.66. The van der Waals surface area contributed by atoms with Gasteiger partial charge < -0.3 is 19.8 Å². The number of morpholine rings is 1. The molecule has 1 aliphatic heterocycles. The van der Waals surface area contributed by atoms with E-state index in [-0.39, 0.29) is 5.91 Å². The van der Waals surface area contributed by atoms with E-state index in [1.54, 1.807) is 0 Å². The van der Waals surface area contributed by atoms with Gasteiger partial charge in [-0.15, -0.1) is 0 Å². The molecule has 0 saturated carbocycles. The van der Waals surface area contributed by atoms with E-state index in [1.165, 1.54) is 0 Å². The van der Waals surface area contributed by atoms with E-state index in [1.807, 2.05) is 35.9 Å². The molecule has 1 aliphatic rings. The quantitative estimate of drug-likeness (QED) is 0.842. The van der Waals surface area contributed by atoms with Crippen molar-refractivity contribution in [2.45, 2.75) is 19.6 Å². The molecule has 1 fully saturated rings. The van der Waals surface area contributed by atoms with Crippen molar-refractivity contribution in [2.24, 2.45) is 0 Å². The number of pyridine rings is 1. The van der Waals surface area contributed by atoms with Crippen LogP contribution in [0, 0.1) is 6.92 Å². The summed E-state index contributed by atoms with van der Waals surface area (Å²) in [5.74, 6) is -0.0917. The highest BCUT2D eigenvalue weighted by Crippen LogP contribution is 2.09. The van der Waals surface area contributed by atoms with Gasteiger partial charge in [0.25, 0.3) is 5.91 Å². The third-order valence-corrected chi connectivity index (χ3v) is 3.39. The number of nitrogens with one attached hydrogen (secondary N) is 2. The summed E-state index contributed by atoms with van der Waals surface area (Å²) in [6.07, 6.45) is 3.49. The molecule has 1 atom stereocenters. The van der Waals surface area contributed by atoms with Gasteiger partial charge in [0.05, 0.1) is 18.8 Å². The number of imidazole rings is 1. The van der Waals surface area contributed by atoms with Crippen LogP contribution in [0.2, 0.25) is 0 Å². The number of nitrogens with zero attached hydrogens (tertiary/aromatic N) is 2. The van der Waals surface area contributed by atoms with E-state index >= 15 is 0 Å². The Morgan fingerprint density at radius 3 is 3.30 bits per heavy atom. The lowest BCUT2D eigenvalue weighted by Crippen LogP contribution is -2.47. The number of carbonyl (C=O) groups excluding carboxylic acids is 1. The topological polar surface area (TPSA) is 67.7 Å². The van der Waals surface area contributed by atoms with Crippen LogP contribution in [-0.2, 0) is 16.1 Å². The number of fused-ring (bicyclic) bond motifs is 1. The van der Waals surface area contributed by atoms with E-state index in [0.717, 1.165) is 23.4 Å². The Morgan fingerprint density at radius 2 is 2.55 bits per heavy atom. The second-order valence-corrected chi connectivity index (χ2v) is 4.94. The lowest BCUT2D eigenvalue weighted by Gasteiger charge is -2.22. The predicted molar refractivity (Wildman–Crippen MR) is 74.4 cm³/mol. The summed E-state index contributed by atoms with van der Waals surface area (Å²) in [4.78, 5) is 16.5. The molecule has 0 spiro atoms. The number of carbonyl (C=O) groups is 1. The maximum Gasteiger partial charge on any atom is 0.250 e. The molecule has 20 heavy (non-hydrogen) atoms. The molecule has 1 amide bonds. The number of hydrogen-bond acceptors (Lipinski definition) is 4. The fourth-order valence-electron chi connectivity index (χ4n) is 2.31. The van der Waals surface area contributed by atoms with Gasteiger partial charge in [-0.1, -0.05) is 6.07 Å². The second-order valence-electron chi connectivity index (χ2n) is 4.94. The molecule has 0 radical (unpaired) electrons. The molecule has 106 valence electrons. The number of ether oxygens (including phenoxy) is 1. The highest BCUT2D eigenvalue weighted by molar-refractivity contribution is 5.81.